The molecule has 2 bridgehead atoms. The van der Waals surface area contributed by atoms with E-state index in [0.29, 0.717) is 32.1 Å². The molecule has 0 aliphatic carbocycles. The van der Waals surface area contributed by atoms with Gasteiger partial charge in [-0.2, -0.15) is 4.31 Å². The van der Waals surface area contributed by atoms with Crippen molar-refractivity contribution < 1.29 is 27.8 Å². The van der Waals surface area contributed by atoms with E-state index >= 15 is 0 Å². The fourth-order valence-electron chi connectivity index (χ4n) is 3.35. The monoisotopic (exact) mass is 370 g/mol. The van der Waals surface area contributed by atoms with Crippen LogP contribution in [0.4, 0.5) is 0 Å². The third-order valence-corrected chi connectivity index (χ3v) is 6.43. The highest BCUT2D eigenvalue weighted by Crippen LogP contribution is 2.26. The van der Waals surface area contributed by atoms with Crippen LogP contribution in [-0.2, 0) is 19.6 Å². The van der Waals surface area contributed by atoms with Crippen LogP contribution >= 0.6 is 0 Å². The van der Waals surface area contributed by atoms with Gasteiger partial charge in [-0.1, -0.05) is 0 Å². The lowest BCUT2D eigenvalue weighted by molar-refractivity contribution is -0.139. The Bertz CT molecular complexity index is 721. The number of nitrogens with zero attached hydrogens (tertiary/aromatic N) is 2. The predicted molar refractivity (Wildman–Crippen MR) is 89.1 cm³/mol. The highest BCUT2D eigenvalue weighted by molar-refractivity contribution is 7.89. The molecule has 2 aliphatic rings. The standard InChI is InChI=1S/C16H22N2O6S/c1-23-14-2-4-15(5-3-14)25(21,22)18-7-12-6-17(9-16(19)20)13(8-18)11-24-10-12/h2-5,12-13H,6-11H2,1H3,(H,19,20)/t12-,13+/m1/s1. The number of aliphatic carboxylic acids is 1. The zero-order valence-electron chi connectivity index (χ0n) is 14.0. The second-order valence-corrected chi connectivity index (χ2v) is 8.32. The lowest BCUT2D eigenvalue weighted by Crippen LogP contribution is -2.47. The Morgan fingerprint density at radius 1 is 1.24 bits per heavy atom. The first-order valence-corrected chi connectivity index (χ1v) is 9.52. The first-order chi connectivity index (χ1) is 11.9. The minimum Gasteiger partial charge on any atom is -0.497 e. The van der Waals surface area contributed by atoms with Gasteiger partial charge in [-0.3, -0.25) is 9.69 Å². The number of rotatable bonds is 5. The van der Waals surface area contributed by atoms with E-state index in [1.165, 1.54) is 23.5 Å². The zero-order chi connectivity index (χ0) is 18.0. The van der Waals surface area contributed by atoms with E-state index in [2.05, 4.69) is 0 Å². The van der Waals surface area contributed by atoms with Crippen molar-refractivity contribution >= 4 is 16.0 Å². The third kappa shape index (κ3) is 3.95. The molecule has 0 aromatic heterocycles. The molecule has 9 heteroatoms. The molecular weight excluding hydrogens is 348 g/mol. The summed E-state index contributed by atoms with van der Waals surface area (Å²) in [4.78, 5) is 13.1. The molecule has 25 heavy (non-hydrogen) atoms. The quantitative estimate of drug-likeness (QED) is 0.785. The molecule has 8 nitrogen and oxygen atoms in total. The van der Waals surface area contributed by atoms with E-state index in [9.17, 15) is 13.2 Å². The number of carboxylic acids is 1. The van der Waals surface area contributed by atoms with Crippen LogP contribution < -0.4 is 4.74 Å². The summed E-state index contributed by atoms with van der Waals surface area (Å²) in [5.41, 5.74) is 0. The van der Waals surface area contributed by atoms with Gasteiger partial charge < -0.3 is 14.6 Å². The summed E-state index contributed by atoms with van der Waals surface area (Å²) in [6, 6.07) is 6.02. The van der Waals surface area contributed by atoms with Crippen molar-refractivity contribution in [3.63, 3.8) is 0 Å². The lowest BCUT2D eigenvalue weighted by Gasteiger charge is -2.30. The van der Waals surface area contributed by atoms with Gasteiger partial charge in [0.25, 0.3) is 0 Å². The number of hydrogen-bond donors (Lipinski definition) is 1. The van der Waals surface area contributed by atoms with Crippen molar-refractivity contribution in [2.24, 2.45) is 5.92 Å². The second-order valence-electron chi connectivity index (χ2n) is 6.38. The topological polar surface area (TPSA) is 96.4 Å². The van der Waals surface area contributed by atoms with Crippen molar-refractivity contribution in [2.45, 2.75) is 10.9 Å². The smallest absolute Gasteiger partial charge is 0.317 e. The molecule has 138 valence electrons. The van der Waals surface area contributed by atoms with E-state index in [1.54, 1.807) is 12.1 Å². The van der Waals surface area contributed by atoms with Gasteiger partial charge in [0.1, 0.15) is 5.75 Å². The largest absolute Gasteiger partial charge is 0.497 e. The summed E-state index contributed by atoms with van der Waals surface area (Å²) in [6.45, 7) is 1.71. The highest BCUT2D eigenvalue weighted by Gasteiger charge is 2.38. The molecule has 0 unspecified atom stereocenters. The maximum Gasteiger partial charge on any atom is 0.317 e. The van der Waals surface area contributed by atoms with Crippen molar-refractivity contribution in [3.8, 4) is 5.75 Å². The molecule has 0 amide bonds. The molecule has 0 radical (unpaired) electrons. The minimum absolute atomic E-state index is 0.0557. The van der Waals surface area contributed by atoms with Crippen molar-refractivity contribution in [1.29, 1.82) is 0 Å². The van der Waals surface area contributed by atoms with E-state index in [-0.39, 0.29) is 29.9 Å². The van der Waals surface area contributed by atoms with Gasteiger partial charge in [-0.05, 0) is 24.3 Å². The number of fused-ring (bicyclic) bond motifs is 3. The van der Waals surface area contributed by atoms with E-state index in [1.807, 2.05) is 4.90 Å². The van der Waals surface area contributed by atoms with E-state index < -0.39 is 16.0 Å². The first-order valence-electron chi connectivity index (χ1n) is 8.08. The number of carbonyl (C=O) groups is 1. The minimum atomic E-state index is -3.66. The summed E-state index contributed by atoms with van der Waals surface area (Å²) in [6.07, 6.45) is 0. The lowest BCUT2D eigenvalue weighted by atomic mass is 10.1. The van der Waals surface area contributed by atoms with E-state index in [0.717, 1.165) is 0 Å². The Morgan fingerprint density at radius 3 is 2.60 bits per heavy atom. The summed E-state index contributed by atoms with van der Waals surface area (Å²) >= 11 is 0. The van der Waals surface area contributed by atoms with Gasteiger partial charge >= 0.3 is 5.97 Å². The predicted octanol–water partition coefficient (Wildman–Crippen LogP) is 0.101. The van der Waals surface area contributed by atoms with Crippen LogP contribution in [0.15, 0.2) is 29.2 Å². The third-order valence-electron chi connectivity index (χ3n) is 4.58. The summed E-state index contributed by atoms with van der Waals surface area (Å²) in [5.74, 6) is -0.385. The molecule has 1 aromatic carbocycles. The van der Waals surface area contributed by atoms with Gasteiger partial charge in [0.15, 0.2) is 0 Å². The molecule has 0 saturated carbocycles. The molecule has 1 N–H and O–H groups in total. The van der Waals surface area contributed by atoms with Crippen LogP contribution in [0.25, 0.3) is 0 Å². The van der Waals surface area contributed by atoms with Crippen molar-refractivity contribution in [1.82, 2.24) is 9.21 Å². The summed E-state index contributed by atoms with van der Waals surface area (Å²) in [7, 11) is -2.13. The van der Waals surface area contributed by atoms with Gasteiger partial charge in [-0.25, -0.2) is 8.42 Å². The van der Waals surface area contributed by atoms with Crippen molar-refractivity contribution in [3.05, 3.63) is 24.3 Å². The normalized spacial score (nSPS) is 25.3. The number of sulfonamides is 1. The van der Waals surface area contributed by atoms with Crippen LogP contribution in [0.5, 0.6) is 5.75 Å². The molecule has 2 heterocycles. The Labute approximate surface area is 147 Å². The number of methoxy groups -OCH3 is 1. The van der Waals surface area contributed by atoms with Crippen LogP contribution in [0.1, 0.15) is 0 Å². The SMILES string of the molecule is COc1ccc(S(=O)(=O)N2C[C@@H]3COC[C@H](C2)N(CC(=O)O)C3)cc1. The van der Waals surface area contributed by atoms with Crippen LogP contribution in [0.3, 0.4) is 0 Å². The van der Waals surface area contributed by atoms with Gasteiger partial charge in [0.05, 0.1) is 31.8 Å². The number of hydrogen-bond acceptors (Lipinski definition) is 6. The van der Waals surface area contributed by atoms with Gasteiger partial charge in [-0.15, -0.1) is 0 Å². The second kappa shape index (κ2) is 7.28. The van der Waals surface area contributed by atoms with Crippen LogP contribution in [0.2, 0.25) is 0 Å². The average Bonchev–Trinajstić information content (AvgIpc) is 2.84. The fraction of sp³-hybridized carbons (Fsp3) is 0.562. The van der Waals surface area contributed by atoms with E-state index in [4.69, 9.17) is 14.6 Å². The molecule has 0 spiro atoms. The van der Waals surface area contributed by atoms with Crippen molar-refractivity contribution in [2.75, 3.05) is 46.5 Å². The van der Waals surface area contributed by atoms with Gasteiger partial charge in [0, 0.05) is 31.6 Å². The Balaban J connectivity index is 1.85. The molecule has 1 aromatic rings. The summed E-state index contributed by atoms with van der Waals surface area (Å²) in [5, 5.41) is 9.10. The van der Waals surface area contributed by atoms with Crippen LogP contribution in [-0.4, -0.2) is 81.2 Å². The molecule has 2 atom stereocenters. The molecule has 2 fully saturated rings. The Hall–Kier alpha value is -1.68. The maximum atomic E-state index is 13.0. The maximum absolute atomic E-state index is 13.0. The Morgan fingerprint density at radius 2 is 1.96 bits per heavy atom. The molecular formula is C16H22N2O6S. The Kier molecular flexibility index (Phi) is 5.28. The summed E-state index contributed by atoms with van der Waals surface area (Å²) < 4.78 is 38.1. The average molecular weight is 370 g/mol. The molecule has 2 saturated heterocycles. The molecule has 3 rings (SSSR count). The zero-order valence-corrected chi connectivity index (χ0v) is 14.8. The first kappa shape index (κ1) is 18.1. The molecule has 2 aliphatic heterocycles. The number of ether oxygens (including phenoxy) is 2. The van der Waals surface area contributed by atoms with Crippen LogP contribution in [0, 0.1) is 5.92 Å². The number of carboxylic acid groups (broad SMARTS) is 1. The number of benzene rings is 1. The highest BCUT2D eigenvalue weighted by atomic mass is 32.2. The van der Waals surface area contributed by atoms with Gasteiger partial charge in [0.2, 0.25) is 10.0 Å². The fourth-order valence-corrected chi connectivity index (χ4v) is 4.90.